The highest BCUT2D eigenvalue weighted by molar-refractivity contribution is 5.97. The zero-order valence-corrected chi connectivity index (χ0v) is 16.1. The molecule has 1 aliphatic rings. The molecule has 1 heteroatoms. The van der Waals surface area contributed by atoms with Crippen LogP contribution in [0.1, 0.15) is 41.5 Å². The predicted octanol–water partition coefficient (Wildman–Crippen LogP) is 6.40. The maximum Gasteiger partial charge on any atom is 0.0525 e. The van der Waals surface area contributed by atoms with Crippen LogP contribution in [0.3, 0.4) is 0 Å². The van der Waals surface area contributed by atoms with Crippen molar-refractivity contribution in [3.05, 3.63) is 107 Å². The Bertz CT molecular complexity index is 886. The molecule has 0 unspecified atom stereocenters. The van der Waals surface area contributed by atoms with E-state index in [0.717, 1.165) is 13.1 Å². The molecule has 0 atom stereocenters. The van der Waals surface area contributed by atoms with Gasteiger partial charge in [-0.25, -0.2) is 0 Å². The Morgan fingerprint density at radius 3 is 1.70 bits per heavy atom. The van der Waals surface area contributed by atoms with Crippen molar-refractivity contribution in [1.29, 1.82) is 0 Å². The minimum Gasteiger partial charge on any atom is -0.371 e. The molecule has 0 spiro atoms. The maximum absolute atomic E-state index is 2.60. The molecule has 1 nitrogen and oxygen atoms in total. The van der Waals surface area contributed by atoms with Crippen LogP contribution >= 0.6 is 0 Å². The lowest BCUT2D eigenvalue weighted by atomic mass is 9.91. The smallest absolute Gasteiger partial charge is 0.0525 e. The summed E-state index contributed by atoms with van der Waals surface area (Å²) in [7, 11) is 0. The van der Waals surface area contributed by atoms with E-state index in [2.05, 4.69) is 96.8 Å². The molecular formula is C26H27N. The zero-order valence-electron chi connectivity index (χ0n) is 16.1. The Balaban J connectivity index is 1.98. The van der Waals surface area contributed by atoms with Gasteiger partial charge in [0, 0.05) is 18.7 Å². The van der Waals surface area contributed by atoms with Crippen molar-refractivity contribution in [2.45, 2.75) is 26.2 Å². The summed E-state index contributed by atoms with van der Waals surface area (Å²) >= 11 is 0. The molecule has 3 aromatic carbocycles. The lowest BCUT2D eigenvalue weighted by Gasteiger charge is -2.34. The van der Waals surface area contributed by atoms with Crippen LogP contribution in [0.15, 0.2) is 84.9 Å². The molecule has 0 aliphatic carbocycles. The van der Waals surface area contributed by atoms with E-state index >= 15 is 0 Å². The molecule has 0 aromatic heterocycles. The van der Waals surface area contributed by atoms with E-state index in [1.54, 1.807) is 0 Å². The third-order valence-electron chi connectivity index (χ3n) is 5.36. The Kier molecular flexibility index (Phi) is 5.39. The summed E-state index contributed by atoms with van der Waals surface area (Å²) in [5.41, 5.74) is 7.88. The van der Waals surface area contributed by atoms with E-state index in [0.29, 0.717) is 0 Å². The summed E-state index contributed by atoms with van der Waals surface area (Å²) in [5, 5.41) is 0. The van der Waals surface area contributed by atoms with E-state index < -0.39 is 0 Å². The number of nitrogens with zero attached hydrogens (tertiary/aromatic N) is 1. The highest BCUT2D eigenvalue weighted by atomic mass is 15.1. The number of aryl methyl sites for hydroxylation is 1. The van der Waals surface area contributed by atoms with Gasteiger partial charge in [-0.3, -0.25) is 0 Å². The fraction of sp³-hybridized carbons (Fsp3) is 0.231. The molecule has 1 saturated heterocycles. The maximum atomic E-state index is 2.60. The van der Waals surface area contributed by atoms with Gasteiger partial charge in [-0.2, -0.15) is 0 Å². The zero-order chi connectivity index (χ0) is 18.5. The minimum absolute atomic E-state index is 1.13. The molecule has 3 aromatic rings. The molecule has 1 heterocycles. The average Bonchev–Trinajstić information content (AvgIpc) is 2.75. The van der Waals surface area contributed by atoms with Crippen molar-refractivity contribution in [3.63, 3.8) is 0 Å². The van der Waals surface area contributed by atoms with Gasteiger partial charge in [0.25, 0.3) is 0 Å². The van der Waals surface area contributed by atoms with E-state index in [1.807, 2.05) is 0 Å². The van der Waals surface area contributed by atoms with Gasteiger partial charge in [0.1, 0.15) is 0 Å². The summed E-state index contributed by atoms with van der Waals surface area (Å²) in [6.45, 7) is 4.41. The Morgan fingerprint density at radius 2 is 1.11 bits per heavy atom. The summed E-state index contributed by atoms with van der Waals surface area (Å²) in [5.74, 6) is 0. The van der Waals surface area contributed by atoms with Gasteiger partial charge < -0.3 is 4.90 Å². The second-order valence-electron chi connectivity index (χ2n) is 7.37. The number of benzene rings is 3. The van der Waals surface area contributed by atoms with Crippen molar-refractivity contribution in [2.24, 2.45) is 0 Å². The first-order valence-electron chi connectivity index (χ1n) is 10.00. The van der Waals surface area contributed by atoms with Crippen LogP contribution < -0.4 is 0 Å². The van der Waals surface area contributed by atoms with Crippen LogP contribution in [0, 0.1) is 6.92 Å². The molecule has 0 N–H and O–H groups in total. The Morgan fingerprint density at radius 1 is 0.593 bits per heavy atom. The molecule has 1 fully saturated rings. The summed E-state index contributed by atoms with van der Waals surface area (Å²) < 4.78 is 0. The van der Waals surface area contributed by atoms with Crippen LogP contribution in [-0.4, -0.2) is 18.0 Å². The van der Waals surface area contributed by atoms with Crippen LogP contribution in [0.4, 0.5) is 0 Å². The van der Waals surface area contributed by atoms with E-state index in [1.165, 1.54) is 52.8 Å². The monoisotopic (exact) mass is 353 g/mol. The molecular weight excluding hydrogens is 326 g/mol. The van der Waals surface area contributed by atoms with E-state index in [-0.39, 0.29) is 0 Å². The van der Waals surface area contributed by atoms with Crippen molar-refractivity contribution >= 4 is 11.3 Å². The van der Waals surface area contributed by atoms with Gasteiger partial charge in [-0.1, -0.05) is 90.5 Å². The molecule has 0 amide bonds. The van der Waals surface area contributed by atoms with E-state index in [4.69, 9.17) is 0 Å². The summed E-state index contributed by atoms with van der Waals surface area (Å²) in [6, 6.07) is 30.7. The fourth-order valence-electron chi connectivity index (χ4n) is 3.96. The largest absolute Gasteiger partial charge is 0.371 e. The Labute approximate surface area is 163 Å². The highest BCUT2D eigenvalue weighted by Crippen LogP contribution is 2.36. The van der Waals surface area contributed by atoms with Crippen LogP contribution in [0.2, 0.25) is 0 Å². The van der Waals surface area contributed by atoms with Crippen molar-refractivity contribution < 1.29 is 0 Å². The number of hydrogen-bond donors (Lipinski definition) is 0. The van der Waals surface area contributed by atoms with Crippen LogP contribution in [-0.2, 0) is 0 Å². The number of piperidine rings is 1. The third kappa shape index (κ3) is 3.98. The first-order valence-corrected chi connectivity index (χ1v) is 10.00. The topological polar surface area (TPSA) is 3.24 Å². The minimum atomic E-state index is 1.13. The summed E-state index contributed by atoms with van der Waals surface area (Å²) in [6.07, 6.45) is 3.88. The third-order valence-corrected chi connectivity index (χ3v) is 5.36. The standard InChI is InChI=1S/C26H27N/c1-21-15-17-23(18-16-21)25(22-11-5-2-6-12-22)26(24-13-7-3-8-14-24)27-19-9-4-10-20-27/h2-3,5-8,11-18H,4,9-10,19-20H2,1H3/b26-25+. The Hall–Kier alpha value is -2.80. The fourth-order valence-corrected chi connectivity index (χ4v) is 3.96. The molecule has 27 heavy (non-hydrogen) atoms. The van der Waals surface area contributed by atoms with Crippen LogP contribution in [0.5, 0.6) is 0 Å². The lowest BCUT2D eigenvalue weighted by molar-refractivity contribution is 0.326. The second-order valence-corrected chi connectivity index (χ2v) is 7.37. The van der Waals surface area contributed by atoms with Crippen LogP contribution in [0.25, 0.3) is 11.3 Å². The van der Waals surface area contributed by atoms with Gasteiger partial charge >= 0.3 is 0 Å². The number of hydrogen-bond acceptors (Lipinski definition) is 1. The van der Waals surface area contributed by atoms with Gasteiger partial charge in [-0.15, -0.1) is 0 Å². The highest BCUT2D eigenvalue weighted by Gasteiger charge is 2.21. The van der Waals surface area contributed by atoms with Gasteiger partial charge in [0.2, 0.25) is 0 Å². The quantitative estimate of drug-likeness (QED) is 0.491. The SMILES string of the molecule is Cc1ccc(/C(=C(\c2ccccc2)N2CCCCC2)c2ccccc2)cc1. The summed E-state index contributed by atoms with van der Waals surface area (Å²) in [4.78, 5) is 2.60. The van der Waals surface area contributed by atoms with Crippen molar-refractivity contribution in [3.8, 4) is 0 Å². The second kappa shape index (κ2) is 8.26. The molecule has 1 aliphatic heterocycles. The molecule has 0 saturated carbocycles. The molecule has 136 valence electrons. The number of likely N-dealkylation sites (tertiary alicyclic amines) is 1. The molecule has 4 rings (SSSR count). The first-order chi connectivity index (χ1) is 13.3. The van der Waals surface area contributed by atoms with Crippen molar-refractivity contribution in [2.75, 3.05) is 13.1 Å². The average molecular weight is 354 g/mol. The molecule has 0 bridgehead atoms. The van der Waals surface area contributed by atoms with E-state index in [9.17, 15) is 0 Å². The predicted molar refractivity (Wildman–Crippen MR) is 115 cm³/mol. The van der Waals surface area contributed by atoms with Gasteiger partial charge in [0.05, 0.1) is 5.70 Å². The molecule has 0 radical (unpaired) electrons. The number of rotatable bonds is 4. The lowest BCUT2D eigenvalue weighted by Crippen LogP contribution is -2.29. The van der Waals surface area contributed by atoms with Gasteiger partial charge in [-0.05, 0) is 42.9 Å². The first kappa shape index (κ1) is 17.6. The van der Waals surface area contributed by atoms with Gasteiger partial charge in [0.15, 0.2) is 0 Å². The normalized spacial score (nSPS) is 15.4. The van der Waals surface area contributed by atoms with Crippen molar-refractivity contribution in [1.82, 2.24) is 4.90 Å².